The number of nitrogens with two attached hydrogens (primary N) is 1. The summed E-state index contributed by atoms with van der Waals surface area (Å²) in [6.07, 6.45) is 2.23. The summed E-state index contributed by atoms with van der Waals surface area (Å²) >= 11 is 0. The van der Waals surface area contributed by atoms with E-state index in [9.17, 15) is 0 Å². The van der Waals surface area contributed by atoms with Gasteiger partial charge >= 0.3 is 0 Å². The quantitative estimate of drug-likeness (QED) is 0.912. The van der Waals surface area contributed by atoms with Crippen LogP contribution in [0.1, 0.15) is 19.2 Å². The van der Waals surface area contributed by atoms with Crippen molar-refractivity contribution in [2.24, 2.45) is 5.92 Å². The summed E-state index contributed by atoms with van der Waals surface area (Å²) in [6, 6.07) is 8.42. The van der Waals surface area contributed by atoms with Crippen molar-refractivity contribution >= 4 is 11.5 Å². The Bertz CT molecular complexity index is 610. The Kier molecular flexibility index (Phi) is 3.16. The summed E-state index contributed by atoms with van der Waals surface area (Å²) in [5, 5.41) is 0. The predicted molar refractivity (Wildman–Crippen MR) is 83.9 cm³/mol. The third-order valence-electron chi connectivity index (χ3n) is 4.10. The Hall–Kier alpha value is -1.97. The lowest BCUT2D eigenvalue weighted by atomic mass is 10.0. The van der Waals surface area contributed by atoms with Gasteiger partial charge in [0.05, 0.1) is 0 Å². The highest BCUT2D eigenvalue weighted by atomic mass is 15.2. The summed E-state index contributed by atoms with van der Waals surface area (Å²) < 4.78 is 2.18. The molecule has 106 valence electrons. The summed E-state index contributed by atoms with van der Waals surface area (Å²) in [6.45, 7) is 3.26. The molecule has 1 aromatic carbocycles. The van der Waals surface area contributed by atoms with Gasteiger partial charge in [-0.05, 0) is 24.5 Å². The molecule has 0 aliphatic carbocycles. The minimum atomic E-state index is 0.683. The molecule has 0 saturated carbocycles. The molecule has 1 atom stereocenters. The second-order valence-corrected chi connectivity index (χ2v) is 5.96. The molecule has 4 heteroatoms. The first-order valence-corrected chi connectivity index (χ1v) is 7.19. The highest BCUT2D eigenvalue weighted by molar-refractivity contribution is 5.72. The number of hydrogen-bond donors (Lipinski definition) is 1. The van der Waals surface area contributed by atoms with Crippen LogP contribution in [0.4, 0.5) is 11.5 Å². The molecule has 1 aliphatic rings. The Morgan fingerprint density at radius 1 is 1.25 bits per heavy atom. The van der Waals surface area contributed by atoms with Crippen molar-refractivity contribution in [1.29, 1.82) is 0 Å². The van der Waals surface area contributed by atoms with Gasteiger partial charge in [-0.25, -0.2) is 4.98 Å². The van der Waals surface area contributed by atoms with Crippen LogP contribution in [0, 0.1) is 5.92 Å². The molecule has 0 bridgehead atoms. The highest BCUT2D eigenvalue weighted by Crippen LogP contribution is 2.31. The van der Waals surface area contributed by atoms with Gasteiger partial charge in [0.1, 0.15) is 17.3 Å². The van der Waals surface area contributed by atoms with Gasteiger partial charge in [0.15, 0.2) is 0 Å². The third kappa shape index (κ3) is 2.15. The van der Waals surface area contributed by atoms with Crippen LogP contribution in [0.25, 0.3) is 11.3 Å². The van der Waals surface area contributed by atoms with Gasteiger partial charge in [-0.2, -0.15) is 0 Å². The SMILES string of the molecule is CC1CCc2nc(-c3ccc(N(C)C)cc3)c(N)n2C1. The number of rotatable bonds is 2. The molecule has 2 N–H and O–H groups in total. The minimum absolute atomic E-state index is 0.683. The fraction of sp³-hybridized carbons (Fsp3) is 0.438. The molecule has 0 radical (unpaired) electrons. The van der Waals surface area contributed by atoms with Crippen LogP contribution < -0.4 is 10.6 Å². The van der Waals surface area contributed by atoms with E-state index >= 15 is 0 Å². The average molecular weight is 270 g/mol. The van der Waals surface area contributed by atoms with Crippen molar-refractivity contribution in [2.45, 2.75) is 26.3 Å². The zero-order valence-electron chi connectivity index (χ0n) is 12.4. The second kappa shape index (κ2) is 4.85. The summed E-state index contributed by atoms with van der Waals surface area (Å²) in [5.41, 5.74) is 9.52. The molecule has 0 fully saturated rings. The largest absolute Gasteiger partial charge is 0.383 e. The van der Waals surface area contributed by atoms with E-state index in [0.29, 0.717) is 5.92 Å². The first kappa shape index (κ1) is 13.0. The van der Waals surface area contributed by atoms with Gasteiger partial charge in [-0.1, -0.05) is 19.1 Å². The number of fused-ring (bicyclic) bond motifs is 1. The van der Waals surface area contributed by atoms with Gasteiger partial charge in [0.2, 0.25) is 0 Å². The van der Waals surface area contributed by atoms with Crippen molar-refractivity contribution in [3.8, 4) is 11.3 Å². The monoisotopic (exact) mass is 270 g/mol. The maximum Gasteiger partial charge on any atom is 0.131 e. The molecule has 0 saturated heterocycles. The zero-order valence-corrected chi connectivity index (χ0v) is 12.4. The first-order chi connectivity index (χ1) is 9.56. The second-order valence-electron chi connectivity index (χ2n) is 5.96. The van der Waals surface area contributed by atoms with Crippen molar-refractivity contribution in [1.82, 2.24) is 9.55 Å². The maximum absolute atomic E-state index is 6.31. The van der Waals surface area contributed by atoms with E-state index in [1.54, 1.807) is 0 Å². The molecule has 20 heavy (non-hydrogen) atoms. The number of anilines is 2. The lowest BCUT2D eigenvalue weighted by Crippen LogP contribution is -2.19. The standard InChI is InChI=1S/C16H22N4/c1-11-4-9-14-18-15(16(17)20(14)10-11)12-5-7-13(8-6-12)19(2)3/h5-8,11H,4,9-10,17H2,1-3H3. The van der Waals surface area contributed by atoms with Gasteiger partial charge in [-0.15, -0.1) is 0 Å². The van der Waals surface area contributed by atoms with E-state index in [0.717, 1.165) is 35.9 Å². The van der Waals surface area contributed by atoms with E-state index in [1.807, 2.05) is 14.1 Å². The highest BCUT2D eigenvalue weighted by Gasteiger charge is 2.21. The maximum atomic E-state index is 6.31. The van der Waals surface area contributed by atoms with Crippen LogP contribution in [0.2, 0.25) is 0 Å². The Morgan fingerprint density at radius 3 is 2.60 bits per heavy atom. The van der Waals surface area contributed by atoms with E-state index in [4.69, 9.17) is 10.7 Å². The van der Waals surface area contributed by atoms with Gasteiger partial charge in [-0.3, -0.25) is 0 Å². The van der Waals surface area contributed by atoms with Crippen LogP contribution in [-0.2, 0) is 13.0 Å². The van der Waals surface area contributed by atoms with Crippen LogP contribution in [-0.4, -0.2) is 23.6 Å². The third-order valence-corrected chi connectivity index (χ3v) is 4.10. The molecule has 0 amide bonds. The van der Waals surface area contributed by atoms with Crippen molar-refractivity contribution in [3.63, 3.8) is 0 Å². The predicted octanol–water partition coefficient (Wildman–Crippen LogP) is 2.78. The molecule has 1 aromatic heterocycles. The zero-order chi connectivity index (χ0) is 14.3. The van der Waals surface area contributed by atoms with E-state index in [1.165, 1.54) is 12.1 Å². The summed E-state index contributed by atoms with van der Waals surface area (Å²) in [5.74, 6) is 2.62. The molecule has 2 aromatic rings. The van der Waals surface area contributed by atoms with E-state index in [-0.39, 0.29) is 0 Å². The van der Waals surface area contributed by atoms with E-state index < -0.39 is 0 Å². The number of nitrogen functional groups attached to an aromatic ring is 1. The molecular formula is C16H22N4. The Morgan fingerprint density at radius 2 is 1.95 bits per heavy atom. The number of hydrogen-bond acceptors (Lipinski definition) is 3. The molecule has 1 aliphatic heterocycles. The number of aromatic nitrogens is 2. The van der Waals surface area contributed by atoms with Gasteiger partial charge in [0, 0.05) is 38.3 Å². The van der Waals surface area contributed by atoms with Crippen molar-refractivity contribution in [3.05, 3.63) is 30.1 Å². The summed E-state index contributed by atoms with van der Waals surface area (Å²) in [7, 11) is 4.08. The molecule has 2 heterocycles. The van der Waals surface area contributed by atoms with Gasteiger partial charge in [0.25, 0.3) is 0 Å². The number of nitrogens with zero attached hydrogens (tertiary/aromatic N) is 3. The molecule has 3 rings (SSSR count). The average Bonchev–Trinajstić information content (AvgIpc) is 2.76. The number of imidazole rings is 1. The molecular weight excluding hydrogens is 248 g/mol. The van der Waals surface area contributed by atoms with E-state index in [2.05, 4.69) is 40.7 Å². The minimum Gasteiger partial charge on any atom is -0.383 e. The number of benzene rings is 1. The van der Waals surface area contributed by atoms with Crippen LogP contribution in [0.15, 0.2) is 24.3 Å². The Labute approximate surface area is 120 Å². The first-order valence-electron chi connectivity index (χ1n) is 7.19. The Balaban J connectivity index is 1.98. The summed E-state index contributed by atoms with van der Waals surface area (Å²) in [4.78, 5) is 6.84. The lowest BCUT2D eigenvalue weighted by Gasteiger charge is -2.20. The topological polar surface area (TPSA) is 47.1 Å². The fourth-order valence-electron chi connectivity index (χ4n) is 2.82. The smallest absolute Gasteiger partial charge is 0.131 e. The lowest BCUT2D eigenvalue weighted by molar-refractivity contribution is 0.397. The number of aryl methyl sites for hydroxylation is 1. The normalized spacial score (nSPS) is 17.9. The molecule has 4 nitrogen and oxygen atoms in total. The van der Waals surface area contributed by atoms with Crippen LogP contribution in [0.3, 0.4) is 0 Å². The van der Waals surface area contributed by atoms with Crippen LogP contribution >= 0.6 is 0 Å². The fourth-order valence-corrected chi connectivity index (χ4v) is 2.82. The molecule has 1 unspecified atom stereocenters. The van der Waals surface area contributed by atoms with Crippen LogP contribution in [0.5, 0.6) is 0 Å². The van der Waals surface area contributed by atoms with Gasteiger partial charge < -0.3 is 15.2 Å². The van der Waals surface area contributed by atoms with Crippen molar-refractivity contribution < 1.29 is 0 Å². The molecule has 0 spiro atoms. The van der Waals surface area contributed by atoms with Crippen molar-refractivity contribution in [2.75, 3.05) is 24.7 Å².